The first-order valence-corrected chi connectivity index (χ1v) is 22.0. The van der Waals surface area contributed by atoms with Crippen molar-refractivity contribution >= 4 is 44.7 Å². The normalized spacial score (nSPS) is 26.6. The third-order valence-corrected chi connectivity index (χ3v) is 14.3. The smallest absolute Gasteiger partial charge is 0.407 e. The molecule has 3 fully saturated rings. The summed E-state index contributed by atoms with van der Waals surface area (Å²) in [6, 6.07) is 4.18. The summed E-state index contributed by atoms with van der Waals surface area (Å²) < 4.78 is 40.0. The maximum Gasteiger partial charge on any atom is 0.407 e. The van der Waals surface area contributed by atoms with E-state index in [0.717, 1.165) is 35.7 Å². The van der Waals surface area contributed by atoms with Gasteiger partial charge in [0.2, 0.25) is 21.8 Å². The lowest BCUT2D eigenvalue weighted by Gasteiger charge is -2.47. The molecule has 0 radical (unpaired) electrons. The van der Waals surface area contributed by atoms with E-state index < -0.39 is 68.2 Å². The Kier molecular flexibility index (Phi) is 12.4. The van der Waals surface area contributed by atoms with Gasteiger partial charge in [-0.05, 0) is 95.2 Å². The van der Waals surface area contributed by atoms with Gasteiger partial charge < -0.3 is 25.0 Å². The van der Waals surface area contributed by atoms with E-state index in [1.807, 2.05) is 39.0 Å². The first kappa shape index (κ1) is 41.4. The number of amides is 4. The van der Waals surface area contributed by atoms with Crippen molar-refractivity contribution in [3.8, 4) is 5.75 Å². The number of pyridine rings is 1. The average molecular weight is 794 g/mol. The minimum Gasteiger partial charge on any atom is -0.486 e. The van der Waals surface area contributed by atoms with E-state index in [2.05, 4.69) is 41.3 Å². The van der Waals surface area contributed by atoms with Crippen molar-refractivity contribution in [2.75, 3.05) is 13.2 Å². The van der Waals surface area contributed by atoms with Crippen LogP contribution in [0.1, 0.15) is 116 Å². The van der Waals surface area contributed by atoms with Crippen LogP contribution >= 0.6 is 0 Å². The van der Waals surface area contributed by atoms with Crippen LogP contribution in [-0.2, 0) is 42.0 Å². The molecule has 5 unspecified atom stereocenters. The van der Waals surface area contributed by atoms with E-state index in [1.54, 1.807) is 6.92 Å². The summed E-state index contributed by atoms with van der Waals surface area (Å²) in [6.07, 6.45) is 9.20. The molecule has 3 N–H and O–H groups in total. The van der Waals surface area contributed by atoms with Crippen molar-refractivity contribution in [1.29, 1.82) is 0 Å². The number of hydrogen-bond donors (Lipinski definition) is 3. The van der Waals surface area contributed by atoms with Gasteiger partial charge >= 0.3 is 6.09 Å². The first-order chi connectivity index (χ1) is 26.6. The fourth-order valence-electron chi connectivity index (χ4n) is 8.13. The molecule has 56 heavy (non-hydrogen) atoms. The van der Waals surface area contributed by atoms with E-state index in [9.17, 15) is 27.6 Å². The average Bonchev–Trinajstić information content (AvgIpc) is 3.78. The van der Waals surface area contributed by atoms with Crippen LogP contribution in [0.5, 0.6) is 5.75 Å². The number of carbonyl (C=O) groups excluding carboxylic acids is 4. The number of sulfonamides is 1. The SMILES string of the molecule is CCc1ccc2nc(C)c(OC3CC4C(=O)NC5(C(=O)NS(=O)(=O)C6(C)CC6)CCC5C=CCCCCCC(NC(=O)OCC(C)C)C(=O)N4C3)c(CC)c2c1. The molecular formula is C42H59N5O8S. The van der Waals surface area contributed by atoms with Gasteiger partial charge in [-0.15, -0.1) is 0 Å². The van der Waals surface area contributed by atoms with Gasteiger partial charge in [0, 0.05) is 23.3 Å². The molecule has 0 spiro atoms. The highest BCUT2D eigenvalue weighted by atomic mass is 32.2. The number of carbonyl (C=O) groups is 4. The summed E-state index contributed by atoms with van der Waals surface area (Å²) >= 11 is 0. The number of fused-ring (bicyclic) bond motifs is 3. The molecule has 2 aromatic rings. The van der Waals surface area contributed by atoms with Gasteiger partial charge in [-0.25, -0.2) is 18.2 Å². The number of allylic oxidation sites excluding steroid dienone is 1. The quantitative estimate of drug-likeness (QED) is 0.261. The summed E-state index contributed by atoms with van der Waals surface area (Å²) in [6.45, 7) is 11.7. The number of nitrogens with zero attached hydrogens (tertiary/aromatic N) is 2. The maximum absolute atomic E-state index is 14.7. The summed E-state index contributed by atoms with van der Waals surface area (Å²) in [5.74, 6) is -1.53. The summed E-state index contributed by atoms with van der Waals surface area (Å²) in [5.41, 5.74) is 2.19. The molecule has 0 bridgehead atoms. The van der Waals surface area contributed by atoms with Crippen molar-refractivity contribution in [3.05, 3.63) is 47.2 Å². The minimum absolute atomic E-state index is 0.0427. The lowest BCUT2D eigenvalue weighted by Crippen LogP contribution is -2.70. The number of nitrogens with one attached hydrogen (secondary N) is 3. The van der Waals surface area contributed by atoms with Crippen LogP contribution in [0, 0.1) is 18.8 Å². The highest BCUT2D eigenvalue weighted by molar-refractivity contribution is 7.91. The molecule has 1 saturated heterocycles. The predicted octanol–water partition coefficient (Wildman–Crippen LogP) is 5.55. The molecule has 4 amide bonds. The van der Waals surface area contributed by atoms with Crippen LogP contribution in [-0.4, -0.2) is 83.7 Å². The zero-order valence-electron chi connectivity index (χ0n) is 33.7. The van der Waals surface area contributed by atoms with Crippen molar-refractivity contribution in [2.45, 2.75) is 147 Å². The van der Waals surface area contributed by atoms with Gasteiger partial charge in [0.05, 0.1) is 29.1 Å². The molecule has 5 atom stereocenters. The third kappa shape index (κ3) is 8.55. The highest BCUT2D eigenvalue weighted by Crippen LogP contribution is 2.45. The van der Waals surface area contributed by atoms with Crippen LogP contribution in [0.15, 0.2) is 30.4 Å². The van der Waals surface area contributed by atoms with Crippen LogP contribution in [0.2, 0.25) is 0 Å². The Labute approximate surface area is 331 Å². The van der Waals surface area contributed by atoms with Crippen molar-refractivity contribution in [2.24, 2.45) is 11.8 Å². The summed E-state index contributed by atoms with van der Waals surface area (Å²) in [5, 5.41) is 6.77. The predicted molar refractivity (Wildman–Crippen MR) is 213 cm³/mol. The standard InChI is InChI=1S/C42H59N5O8S/c1-7-28-16-17-33-32(22-28)31(8-2)36(27(5)43-33)55-30-23-35-37(48)45-42(39(50)46-56(52,53)41(6)20-21-41)19-18-29(42)14-12-10-9-11-13-15-34(38(49)47(35)24-30)44-40(51)54-25-26(3)4/h12,14,16-17,22,26,29-30,34-35H,7-11,13,15,18-21,23-25H2,1-6H3,(H,44,51)(H,45,48)(H,46,50). The Morgan fingerprint density at radius 1 is 1.07 bits per heavy atom. The number of ether oxygens (including phenoxy) is 2. The Balaban J connectivity index is 1.35. The second-order valence-corrected chi connectivity index (χ2v) is 19.0. The lowest BCUT2D eigenvalue weighted by molar-refractivity contribution is -0.144. The lowest BCUT2D eigenvalue weighted by atomic mass is 9.65. The van der Waals surface area contributed by atoms with E-state index >= 15 is 0 Å². The Morgan fingerprint density at radius 3 is 2.50 bits per heavy atom. The molecule has 14 heteroatoms. The Bertz CT molecular complexity index is 1980. The fraction of sp³-hybridized carbons (Fsp3) is 0.643. The highest BCUT2D eigenvalue weighted by Gasteiger charge is 2.58. The summed E-state index contributed by atoms with van der Waals surface area (Å²) in [4.78, 5) is 62.7. The van der Waals surface area contributed by atoms with Crippen molar-refractivity contribution in [3.63, 3.8) is 0 Å². The number of aromatic nitrogens is 1. The molecule has 2 aliphatic carbocycles. The molecule has 1 aromatic heterocycles. The van der Waals surface area contributed by atoms with Crippen LogP contribution in [0.4, 0.5) is 4.79 Å². The zero-order valence-corrected chi connectivity index (χ0v) is 34.6. The minimum atomic E-state index is -3.99. The Hall–Kier alpha value is -4.20. The van der Waals surface area contributed by atoms with Crippen molar-refractivity contribution in [1.82, 2.24) is 25.2 Å². The topological polar surface area (TPSA) is 173 Å². The van der Waals surface area contributed by atoms with E-state index in [0.29, 0.717) is 56.4 Å². The first-order valence-electron chi connectivity index (χ1n) is 20.5. The van der Waals surface area contributed by atoms with Crippen LogP contribution in [0.25, 0.3) is 10.9 Å². The Morgan fingerprint density at radius 2 is 1.84 bits per heavy atom. The molecule has 306 valence electrons. The van der Waals surface area contributed by atoms with Crippen LogP contribution in [0.3, 0.4) is 0 Å². The molecule has 4 aliphatic rings. The van der Waals surface area contributed by atoms with E-state index in [-0.39, 0.29) is 31.9 Å². The molecule has 1 aromatic carbocycles. The number of rotatable bonds is 10. The monoisotopic (exact) mass is 793 g/mol. The fourth-order valence-corrected chi connectivity index (χ4v) is 9.45. The molecule has 2 saturated carbocycles. The van der Waals surface area contributed by atoms with Gasteiger partial charge in [-0.3, -0.25) is 19.1 Å². The second-order valence-electron chi connectivity index (χ2n) is 16.8. The third-order valence-electron chi connectivity index (χ3n) is 12.1. The number of aryl methyl sites for hydroxylation is 3. The van der Waals surface area contributed by atoms with Gasteiger partial charge in [-0.1, -0.05) is 58.8 Å². The van der Waals surface area contributed by atoms with Gasteiger partial charge in [0.1, 0.15) is 29.5 Å². The van der Waals surface area contributed by atoms with E-state index in [4.69, 9.17) is 14.5 Å². The van der Waals surface area contributed by atoms with E-state index in [1.165, 1.54) is 10.5 Å². The number of benzene rings is 1. The molecule has 3 heterocycles. The molecular weight excluding hydrogens is 735 g/mol. The second kappa shape index (κ2) is 16.7. The van der Waals surface area contributed by atoms with Gasteiger partial charge in [-0.2, -0.15) is 0 Å². The maximum atomic E-state index is 14.7. The van der Waals surface area contributed by atoms with Crippen molar-refractivity contribution < 1.29 is 37.1 Å². The summed E-state index contributed by atoms with van der Waals surface area (Å²) in [7, 11) is -3.99. The number of alkyl carbamates (subject to hydrolysis) is 1. The number of hydrogen-bond acceptors (Lipinski definition) is 9. The largest absolute Gasteiger partial charge is 0.486 e. The zero-order chi connectivity index (χ0) is 40.4. The molecule has 6 rings (SSSR count). The van der Waals surface area contributed by atoms with Gasteiger partial charge in [0.15, 0.2) is 0 Å². The molecule has 13 nitrogen and oxygen atoms in total. The van der Waals surface area contributed by atoms with Crippen LogP contribution < -0.4 is 20.1 Å². The van der Waals surface area contributed by atoms with Gasteiger partial charge in [0.25, 0.3) is 5.91 Å². The molecule has 2 aliphatic heterocycles.